The maximum atomic E-state index is 13.0. The normalized spacial score (nSPS) is 14.6. The molecule has 4 aromatic rings. The lowest BCUT2D eigenvalue weighted by Gasteiger charge is -2.34. The highest BCUT2D eigenvalue weighted by atomic mass is 35.5. The standard InChI is InChI=1S/C27H24Cl2N4O3S/c28-23-11-6-19(17-24(23)29)18-32-13-15-33(16-14-32)27(34)21-7-9-22(10-8-21)31-37(35,36)25-5-1-3-20-4-2-12-30-26(20)25/h1-12,17,31H,13-16,18H2. The Morgan fingerprint density at radius 3 is 2.35 bits per heavy atom. The van der Waals surface area contributed by atoms with Gasteiger partial charge in [0, 0.05) is 55.6 Å². The third-order valence-corrected chi connectivity index (χ3v) is 8.47. The van der Waals surface area contributed by atoms with Gasteiger partial charge in [0.25, 0.3) is 15.9 Å². The fourth-order valence-corrected chi connectivity index (χ4v) is 5.93. The summed E-state index contributed by atoms with van der Waals surface area (Å²) in [4.78, 5) is 21.5. The monoisotopic (exact) mass is 554 g/mol. The first kappa shape index (κ1) is 25.5. The van der Waals surface area contributed by atoms with Crippen LogP contribution in [-0.2, 0) is 16.6 Å². The number of anilines is 1. The molecule has 0 aliphatic carbocycles. The van der Waals surface area contributed by atoms with Crippen LogP contribution in [0.3, 0.4) is 0 Å². The van der Waals surface area contributed by atoms with E-state index in [1.165, 1.54) is 6.07 Å². The largest absolute Gasteiger partial charge is 0.336 e. The SMILES string of the molecule is O=C(c1ccc(NS(=O)(=O)c2cccc3cccnc23)cc1)N1CCN(Cc2ccc(Cl)c(Cl)c2)CC1. The van der Waals surface area contributed by atoms with E-state index in [1.807, 2.05) is 29.2 Å². The predicted octanol–water partition coefficient (Wildman–Crippen LogP) is 5.30. The van der Waals surface area contributed by atoms with Crippen molar-refractivity contribution in [2.45, 2.75) is 11.4 Å². The van der Waals surface area contributed by atoms with Crippen LogP contribution in [0.2, 0.25) is 10.0 Å². The molecular formula is C27H24Cl2N4O3S. The molecule has 3 aromatic carbocycles. The summed E-state index contributed by atoms with van der Waals surface area (Å²) in [6, 6.07) is 20.7. The molecule has 1 aliphatic rings. The molecule has 1 saturated heterocycles. The second-order valence-electron chi connectivity index (χ2n) is 8.83. The molecule has 190 valence electrons. The molecule has 37 heavy (non-hydrogen) atoms. The van der Waals surface area contributed by atoms with Gasteiger partial charge in [0.2, 0.25) is 0 Å². The molecule has 0 atom stereocenters. The van der Waals surface area contributed by atoms with Gasteiger partial charge in [-0.1, -0.05) is 47.5 Å². The number of sulfonamides is 1. The number of hydrogen-bond donors (Lipinski definition) is 1. The number of nitrogens with zero attached hydrogens (tertiary/aromatic N) is 3. The van der Waals surface area contributed by atoms with Gasteiger partial charge in [-0.15, -0.1) is 0 Å². The van der Waals surface area contributed by atoms with Crippen LogP contribution in [0.4, 0.5) is 5.69 Å². The van der Waals surface area contributed by atoms with Crippen molar-refractivity contribution < 1.29 is 13.2 Å². The summed E-state index contributed by atoms with van der Waals surface area (Å²) in [5.74, 6) is -0.0816. The number of fused-ring (bicyclic) bond motifs is 1. The van der Waals surface area contributed by atoms with Gasteiger partial charge in [-0.2, -0.15) is 0 Å². The molecule has 10 heteroatoms. The van der Waals surface area contributed by atoms with E-state index in [-0.39, 0.29) is 10.8 Å². The van der Waals surface area contributed by atoms with Crippen LogP contribution in [0.1, 0.15) is 15.9 Å². The van der Waals surface area contributed by atoms with E-state index in [0.717, 1.165) is 30.6 Å². The number of piperazine rings is 1. The second kappa shape index (κ2) is 10.7. The quantitative estimate of drug-likeness (QED) is 0.349. The maximum absolute atomic E-state index is 13.0. The summed E-state index contributed by atoms with van der Waals surface area (Å²) in [5, 5.41) is 1.81. The van der Waals surface area contributed by atoms with Crippen LogP contribution < -0.4 is 4.72 Å². The molecule has 0 saturated carbocycles. The number of halogens is 2. The van der Waals surface area contributed by atoms with Gasteiger partial charge in [0.15, 0.2) is 0 Å². The molecule has 1 aromatic heterocycles. The molecule has 7 nitrogen and oxygen atoms in total. The number of aromatic nitrogens is 1. The lowest BCUT2D eigenvalue weighted by Crippen LogP contribution is -2.48. The van der Waals surface area contributed by atoms with Gasteiger partial charge < -0.3 is 4.90 Å². The molecule has 0 unspecified atom stereocenters. The van der Waals surface area contributed by atoms with E-state index < -0.39 is 10.0 Å². The lowest BCUT2D eigenvalue weighted by atomic mass is 10.1. The number of pyridine rings is 1. The first-order chi connectivity index (χ1) is 17.8. The summed E-state index contributed by atoms with van der Waals surface area (Å²) < 4.78 is 28.7. The molecule has 1 fully saturated rings. The first-order valence-electron chi connectivity index (χ1n) is 11.7. The van der Waals surface area contributed by atoms with E-state index in [1.54, 1.807) is 48.7 Å². The predicted molar refractivity (Wildman–Crippen MR) is 147 cm³/mol. The molecule has 0 radical (unpaired) electrons. The minimum atomic E-state index is -3.86. The Morgan fingerprint density at radius 1 is 0.892 bits per heavy atom. The van der Waals surface area contributed by atoms with E-state index in [4.69, 9.17) is 23.2 Å². The first-order valence-corrected chi connectivity index (χ1v) is 14.0. The molecule has 1 N–H and O–H groups in total. The van der Waals surface area contributed by atoms with Gasteiger partial charge in [-0.05, 0) is 54.1 Å². The van der Waals surface area contributed by atoms with Crippen molar-refractivity contribution in [3.8, 4) is 0 Å². The van der Waals surface area contributed by atoms with Crippen molar-refractivity contribution in [2.24, 2.45) is 0 Å². The minimum Gasteiger partial charge on any atom is -0.336 e. The molecule has 0 bridgehead atoms. The Morgan fingerprint density at radius 2 is 1.62 bits per heavy atom. The van der Waals surface area contributed by atoms with E-state index in [0.29, 0.717) is 39.9 Å². The fourth-order valence-electron chi connectivity index (χ4n) is 4.37. The fraction of sp³-hybridized carbons (Fsp3) is 0.185. The minimum absolute atomic E-state index is 0.0816. The van der Waals surface area contributed by atoms with Crippen molar-refractivity contribution in [2.75, 3.05) is 30.9 Å². The van der Waals surface area contributed by atoms with Gasteiger partial charge >= 0.3 is 0 Å². The molecular weight excluding hydrogens is 531 g/mol. The topological polar surface area (TPSA) is 82.6 Å². The van der Waals surface area contributed by atoms with Crippen LogP contribution in [0.5, 0.6) is 0 Å². The number of amides is 1. The van der Waals surface area contributed by atoms with Crippen LogP contribution >= 0.6 is 23.2 Å². The van der Waals surface area contributed by atoms with E-state index >= 15 is 0 Å². The number of benzene rings is 3. The number of hydrogen-bond acceptors (Lipinski definition) is 5. The third kappa shape index (κ3) is 5.72. The zero-order valence-electron chi connectivity index (χ0n) is 19.8. The Hall–Kier alpha value is -3.17. The zero-order valence-corrected chi connectivity index (χ0v) is 22.1. The Kier molecular flexibility index (Phi) is 7.35. The van der Waals surface area contributed by atoms with Crippen molar-refractivity contribution in [3.05, 3.63) is 100 Å². The second-order valence-corrected chi connectivity index (χ2v) is 11.3. The molecule has 0 spiro atoms. The van der Waals surface area contributed by atoms with Crippen LogP contribution in [0.15, 0.2) is 83.9 Å². The summed E-state index contributed by atoms with van der Waals surface area (Å²) in [6.45, 7) is 3.41. The van der Waals surface area contributed by atoms with E-state index in [2.05, 4.69) is 14.6 Å². The number of carbonyl (C=O) groups excluding carboxylic acids is 1. The van der Waals surface area contributed by atoms with Crippen molar-refractivity contribution >= 4 is 55.7 Å². The lowest BCUT2D eigenvalue weighted by molar-refractivity contribution is 0.0628. The summed E-state index contributed by atoms with van der Waals surface area (Å²) in [5.41, 5.74) is 2.36. The molecule has 1 amide bonds. The number of carbonyl (C=O) groups is 1. The van der Waals surface area contributed by atoms with Crippen LogP contribution in [0.25, 0.3) is 10.9 Å². The van der Waals surface area contributed by atoms with E-state index in [9.17, 15) is 13.2 Å². The molecule has 5 rings (SSSR count). The van der Waals surface area contributed by atoms with Gasteiger partial charge in [-0.25, -0.2) is 8.42 Å². The highest BCUT2D eigenvalue weighted by Gasteiger charge is 2.23. The average molecular weight is 555 g/mol. The Bertz CT molecular complexity index is 1550. The Labute approximate surface area is 225 Å². The van der Waals surface area contributed by atoms with Crippen molar-refractivity contribution in [3.63, 3.8) is 0 Å². The summed E-state index contributed by atoms with van der Waals surface area (Å²) in [6.07, 6.45) is 1.56. The zero-order chi connectivity index (χ0) is 26.0. The smallest absolute Gasteiger partial charge is 0.264 e. The van der Waals surface area contributed by atoms with Gasteiger partial charge in [-0.3, -0.25) is 19.4 Å². The highest BCUT2D eigenvalue weighted by Crippen LogP contribution is 2.25. The summed E-state index contributed by atoms with van der Waals surface area (Å²) >= 11 is 12.1. The number of para-hydroxylation sites is 1. The molecule has 2 heterocycles. The van der Waals surface area contributed by atoms with Crippen molar-refractivity contribution in [1.29, 1.82) is 0 Å². The number of nitrogens with one attached hydrogen (secondary N) is 1. The number of rotatable bonds is 6. The maximum Gasteiger partial charge on any atom is 0.264 e. The van der Waals surface area contributed by atoms with Crippen LogP contribution in [-0.4, -0.2) is 55.3 Å². The van der Waals surface area contributed by atoms with Gasteiger partial charge in [0.1, 0.15) is 4.90 Å². The van der Waals surface area contributed by atoms with Crippen LogP contribution in [0, 0.1) is 0 Å². The summed E-state index contributed by atoms with van der Waals surface area (Å²) in [7, 11) is -3.86. The molecule has 1 aliphatic heterocycles. The third-order valence-electron chi connectivity index (χ3n) is 6.32. The van der Waals surface area contributed by atoms with Crippen molar-refractivity contribution in [1.82, 2.24) is 14.8 Å². The van der Waals surface area contributed by atoms with Gasteiger partial charge in [0.05, 0.1) is 15.6 Å². The highest BCUT2D eigenvalue weighted by molar-refractivity contribution is 7.93. The average Bonchev–Trinajstić information content (AvgIpc) is 2.91. The Balaban J connectivity index is 1.21.